The van der Waals surface area contributed by atoms with E-state index in [2.05, 4.69) is 255 Å². The Morgan fingerprint density at radius 3 is 1.00 bits per heavy atom. The van der Waals surface area contributed by atoms with Gasteiger partial charge in [-0.25, -0.2) is 0 Å². The zero-order valence-corrected chi connectivity index (χ0v) is 47.1. The average Bonchev–Trinajstić information content (AvgIpc) is 3.05. The van der Waals surface area contributed by atoms with Gasteiger partial charge in [0, 0.05) is 87.8 Å². The zero-order valence-electron chi connectivity index (χ0n) is 47.1. The van der Waals surface area contributed by atoms with Gasteiger partial charge in [-0.05, 0) is 141 Å². The van der Waals surface area contributed by atoms with E-state index in [1.54, 1.807) is 0 Å². The minimum Gasteiger partial charge on any atom is -0.455 e. The van der Waals surface area contributed by atoms with E-state index in [4.69, 9.17) is 17.7 Å². The molecule has 0 amide bonds. The predicted octanol–water partition coefficient (Wildman–Crippen LogP) is 23.4. The van der Waals surface area contributed by atoms with E-state index in [0.717, 1.165) is 160 Å². The summed E-state index contributed by atoms with van der Waals surface area (Å²) in [6.45, 7) is 4.74. The van der Waals surface area contributed by atoms with E-state index >= 15 is 0 Å². The van der Waals surface area contributed by atoms with E-state index in [-0.39, 0.29) is 5.41 Å². The predicted molar refractivity (Wildman–Crippen MR) is 355 cm³/mol. The SMILES string of the molecule is CC1(C)c2ccc(-c3cc(-c4cccc5c4oc4ccccc45)cc(-c4cccc5c4oc4ccccc45)c3)cc2-c2ccc(N(c3ccc(-c4cccc5c4oc4ccccc45)cc3)c3ccc(-c4cccc5c4oc4ccccc45)cc3)cc21. The first kappa shape index (κ1) is 48.4. The molecule has 5 nitrogen and oxygen atoms in total. The topological polar surface area (TPSA) is 55.8 Å². The molecule has 0 aliphatic heterocycles. The van der Waals surface area contributed by atoms with Crippen molar-refractivity contribution in [2.75, 3.05) is 4.90 Å². The van der Waals surface area contributed by atoms with Crippen LogP contribution in [0, 0.1) is 0 Å². The van der Waals surface area contributed by atoms with Crippen molar-refractivity contribution in [3.63, 3.8) is 0 Å². The van der Waals surface area contributed by atoms with Crippen LogP contribution in [0.4, 0.5) is 17.1 Å². The van der Waals surface area contributed by atoms with Crippen LogP contribution in [0.25, 0.3) is 155 Å². The molecule has 18 rings (SSSR count). The third-order valence-electron chi connectivity index (χ3n) is 18.3. The second-order valence-electron chi connectivity index (χ2n) is 23.5. The summed E-state index contributed by atoms with van der Waals surface area (Å²) in [7, 11) is 0. The minimum absolute atomic E-state index is 0.310. The van der Waals surface area contributed by atoms with E-state index < -0.39 is 0 Å². The smallest absolute Gasteiger partial charge is 0.143 e. The van der Waals surface area contributed by atoms with Crippen LogP contribution in [-0.4, -0.2) is 0 Å². The Morgan fingerprint density at radius 2 is 0.581 bits per heavy atom. The fraction of sp³-hybridized carbons (Fsp3) is 0.0370. The molecule has 0 atom stereocenters. The second kappa shape index (κ2) is 18.4. The van der Waals surface area contributed by atoms with Gasteiger partial charge in [0.1, 0.15) is 44.7 Å². The molecule has 4 heterocycles. The van der Waals surface area contributed by atoms with Gasteiger partial charge in [0.05, 0.1) is 0 Å². The Labute approximate surface area is 494 Å². The van der Waals surface area contributed by atoms with Gasteiger partial charge < -0.3 is 22.6 Å². The quantitative estimate of drug-likeness (QED) is 0.152. The number of fused-ring (bicyclic) bond motifs is 15. The standard InChI is InChI=1S/C81H51NO4/c1-81(2)71-42-35-50(51-43-52(59-21-13-25-68-64-17-5-9-29-75(64)85-79(59)68)45-53(44-51)60-22-14-26-69-65-18-6-10-30-76(65)86-80(60)69)46-70(71)61-41-40-56(47-72(61)81)82(54-36-31-48(32-37-54)57-19-11-23-66-62-15-3-7-27-73(62)83-77(57)66)55-38-33-49(34-39-55)58-20-12-24-67-63-16-4-8-28-74(63)84-78(58)67/h3-47H,1-2H3. The fourth-order valence-corrected chi connectivity index (χ4v) is 14.1. The molecule has 0 spiro atoms. The molecule has 0 N–H and O–H groups in total. The van der Waals surface area contributed by atoms with E-state index in [1.165, 1.54) is 22.3 Å². The summed E-state index contributed by atoms with van der Waals surface area (Å²) in [5.41, 5.74) is 25.7. The molecule has 13 aromatic carbocycles. The first-order valence-electron chi connectivity index (χ1n) is 29.4. The van der Waals surface area contributed by atoms with Gasteiger partial charge >= 0.3 is 0 Å². The molecule has 0 unspecified atom stereocenters. The molecule has 0 fully saturated rings. The highest BCUT2D eigenvalue weighted by Gasteiger charge is 2.36. The van der Waals surface area contributed by atoms with E-state index in [0.29, 0.717) is 0 Å². The Balaban J connectivity index is 0.769. The highest BCUT2D eigenvalue weighted by Crippen LogP contribution is 2.53. The number of furan rings is 4. The van der Waals surface area contributed by atoms with Crippen molar-refractivity contribution in [1.29, 1.82) is 0 Å². The van der Waals surface area contributed by atoms with Gasteiger partial charge in [0.25, 0.3) is 0 Å². The average molecular weight is 1100 g/mol. The van der Waals surface area contributed by atoms with Crippen molar-refractivity contribution in [1.82, 2.24) is 0 Å². The molecule has 5 heteroatoms. The molecule has 17 aromatic rings. The Hall–Kier alpha value is -11.1. The fourth-order valence-electron chi connectivity index (χ4n) is 14.1. The molecule has 0 radical (unpaired) electrons. The lowest BCUT2D eigenvalue weighted by Crippen LogP contribution is -2.16. The summed E-state index contributed by atoms with van der Waals surface area (Å²) >= 11 is 0. The van der Waals surface area contributed by atoms with Gasteiger partial charge in [-0.3, -0.25) is 0 Å². The van der Waals surface area contributed by atoms with E-state index in [9.17, 15) is 0 Å². The number of hydrogen-bond donors (Lipinski definition) is 0. The van der Waals surface area contributed by atoms with Crippen LogP contribution in [-0.2, 0) is 5.41 Å². The summed E-state index contributed by atoms with van der Waals surface area (Å²) in [5.74, 6) is 0. The van der Waals surface area contributed by atoms with Crippen molar-refractivity contribution in [3.05, 3.63) is 284 Å². The lowest BCUT2D eigenvalue weighted by Gasteiger charge is -2.28. The highest BCUT2D eigenvalue weighted by atomic mass is 16.3. The lowest BCUT2D eigenvalue weighted by atomic mass is 9.82. The largest absolute Gasteiger partial charge is 0.455 e. The van der Waals surface area contributed by atoms with Gasteiger partial charge in [0.2, 0.25) is 0 Å². The summed E-state index contributed by atoms with van der Waals surface area (Å²) in [6, 6.07) is 98.0. The van der Waals surface area contributed by atoms with Gasteiger partial charge in [0.15, 0.2) is 0 Å². The first-order valence-corrected chi connectivity index (χ1v) is 29.4. The number of anilines is 3. The number of hydrogen-bond acceptors (Lipinski definition) is 5. The van der Waals surface area contributed by atoms with Gasteiger partial charge in [-0.1, -0.05) is 202 Å². The molecule has 86 heavy (non-hydrogen) atoms. The van der Waals surface area contributed by atoms with Crippen molar-refractivity contribution >= 4 is 105 Å². The monoisotopic (exact) mass is 1100 g/mol. The Kier molecular flexibility index (Phi) is 10.4. The summed E-state index contributed by atoms with van der Waals surface area (Å²) < 4.78 is 26.5. The number of nitrogens with zero attached hydrogens (tertiary/aromatic N) is 1. The van der Waals surface area contributed by atoms with Crippen LogP contribution < -0.4 is 4.90 Å². The summed E-state index contributed by atoms with van der Waals surface area (Å²) in [6.07, 6.45) is 0. The summed E-state index contributed by atoms with van der Waals surface area (Å²) in [5, 5.41) is 8.88. The molecular formula is C81H51NO4. The maximum absolute atomic E-state index is 6.71. The van der Waals surface area contributed by atoms with Crippen LogP contribution in [0.3, 0.4) is 0 Å². The van der Waals surface area contributed by atoms with Crippen molar-refractivity contribution in [3.8, 4) is 66.8 Å². The number of benzene rings is 13. The van der Waals surface area contributed by atoms with Crippen molar-refractivity contribution < 1.29 is 17.7 Å². The molecule has 0 saturated heterocycles. The Bertz CT molecular complexity index is 5340. The molecule has 0 bridgehead atoms. The van der Waals surface area contributed by atoms with Crippen molar-refractivity contribution in [2.24, 2.45) is 0 Å². The molecule has 1 aliphatic carbocycles. The van der Waals surface area contributed by atoms with Crippen molar-refractivity contribution in [2.45, 2.75) is 19.3 Å². The van der Waals surface area contributed by atoms with E-state index in [1.807, 2.05) is 36.4 Å². The molecule has 1 aliphatic rings. The normalized spacial score (nSPS) is 12.9. The third kappa shape index (κ3) is 7.31. The second-order valence-corrected chi connectivity index (χ2v) is 23.5. The van der Waals surface area contributed by atoms with Gasteiger partial charge in [-0.15, -0.1) is 0 Å². The molecular weight excluding hydrogens is 1050 g/mol. The number of rotatable bonds is 8. The maximum atomic E-state index is 6.71. The molecule has 404 valence electrons. The lowest BCUT2D eigenvalue weighted by molar-refractivity contribution is 0.660. The first-order chi connectivity index (χ1) is 42.4. The van der Waals surface area contributed by atoms with Gasteiger partial charge in [-0.2, -0.15) is 0 Å². The third-order valence-corrected chi connectivity index (χ3v) is 18.3. The molecule has 0 saturated carbocycles. The zero-order chi connectivity index (χ0) is 56.8. The van der Waals surface area contributed by atoms with Crippen LogP contribution in [0.5, 0.6) is 0 Å². The van der Waals surface area contributed by atoms with Crippen LogP contribution in [0.15, 0.2) is 291 Å². The summed E-state index contributed by atoms with van der Waals surface area (Å²) in [4.78, 5) is 2.39. The maximum Gasteiger partial charge on any atom is 0.143 e. The number of para-hydroxylation sites is 8. The minimum atomic E-state index is -0.310. The highest BCUT2D eigenvalue weighted by molar-refractivity contribution is 6.13. The van der Waals surface area contributed by atoms with Crippen LogP contribution in [0.2, 0.25) is 0 Å². The van der Waals surface area contributed by atoms with Crippen LogP contribution in [0.1, 0.15) is 25.0 Å². The van der Waals surface area contributed by atoms with Crippen LogP contribution >= 0.6 is 0 Å². The molecule has 4 aromatic heterocycles. The Morgan fingerprint density at radius 1 is 0.233 bits per heavy atom.